The molecule has 25 heavy (non-hydrogen) atoms. The van der Waals surface area contributed by atoms with Crippen LogP contribution in [0.15, 0.2) is 48.5 Å². The van der Waals surface area contributed by atoms with Gasteiger partial charge in [0.25, 0.3) is 5.91 Å². The molecule has 4 heteroatoms. The van der Waals surface area contributed by atoms with Crippen LogP contribution in [0.2, 0.25) is 0 Å². The zero-order valence-electron chi connectivity index (χ0n) is 15.1. The average Bonchev–Trinajstić information content (AvgIpc) is 2.84. The number of rotatable bonds is 4. The third-order valence-corrected chi connectivity index (χ3v) is 4.48. The van der Waals surface area contributed by atoms with Gasteiger partial charge in [-0.3, -0.25) is 9.48 Å². The van der Waals surface area contributed by atoms with Crippen molar-refractivity contribution in [1.29, 1.82) is 0 Å². The highest BCUT2D eigenvalue weighted by molar-refractivity contribution is 6.04. The maximum atomic E-state index is 12.5. The Bertz CT molecular complexity index is 925. The van der Waals surface area contributed by atoms with Crippen LogP contribution in [-0.4, -0.2) is 15.7 Å². The van der Waals surface area contributed by atoms with Crippen molar-refractivity contribution >= 4 is 11.6 Å². The molecule has 0 atom stereocenters. The first kappa shape index (κ1) is 17.0. The summed E-state index contributed by atoms with van der Waals surface area (Å²) in [4.78, 5) is 12.5. The molecule has 3 rings (SSSR count). The van der Waals surface area contributed by atoms with E-state index in [9.17, 15) is 4.79 Å². The Balaban J connectivity index is 1.85. The van der Waals surface area contributed by atoms with Crippen molar-refractivity contribution in [3.05, 3.63) is 82.2 Å². The maximum Gasteiger partial charge on any atom is 0.255 e. The molecule has 1 N–H and O–H groups in total. The molecule has 3 aromatic rings. The van der Waals surface area contributed by atoms with E-state index in [0.717, 1.165) is 22.6 Å². The van der Waals surface area contributed by atoms with Crippen molar-refractivity contribution in [2.45, 2.75) is 34.2 Å². The van der Waals surface area contributed by atoms with Gasteiger partial charge in [0.1, 0.15) is 0 Å². The highest BCUT2D eigenvalue weighted by Gasteiger charge is 2.16. The number of carbonyl (C=O) groups excluding carboxylic acids is 1. The molecule has 0 fully saturated rings. The Morgan fingerprint density at radius 3 is 2.52 bits per heavy atom. The van der Waals surface area contributed by atoms with Crippen LogP contribution in [0.5, 0.6) is 0 Å². The maximum absolute atomic E-state index is 12.5. The summed E-state index contributed by atoms with van der Waals surface area (Å²) in [6.45, 7) is 8.69. The molecule has 0 bridgehead atoms. The van der Waals surface area contributed by atoms with E-state index in [-0.39, 0.29) is 5.91 Å². The van der Waals surface area contributed by atoms with E-state index < -0.39 is 0 Å². The molecule has 4 nitrogen and oxygen atoms in total. The minimum atomic E-state index is -0.106. The number of nitrogens with one attached hydrogen (secondary N) is 1. The lowest BCUT2D eigenvalue weighted by Gasteiger charge is -2.09. The molecule has 0 saturated carbocycles. The summed E-state index contributed by atoms with van der Waals surface area (Å²) in [5.41, 5.74) is 6.76. The van der Waals surface area contributed by atoms with Crippen LogP contribution in [0.4, 0.5) is 5.69 Å². The number of nitrogens with zero attached hydrogens (tertiary/aromatic N) is 2. The van der Waals surface area contributed by atoms with E-state index in [4.69, 9.17) is 0 Å². The Labute approximate surface area is 148 Å². The molecular weight excluding hydrogens is 310 g/mol. The zero-order chi connectivity index (χ0) is 18.0. The molecule has 0 saturated heterocycles. The first-order valence-electron chi connectivity index (χ1n) is 8.42. The topological polar surface area (TPSA) is 46.9 Å². The fourth-order valence-electron chi connectivity index (χ4n) is 2.95. The van der Waals surface area contributed by atoms with E-state index >= 15 is 0 Å². The highest BCUT2D eigenvalue weighted by atomic mass is 16.1. The molecule has 128 valence electrons. The third-order valence-electron chi connectivity index (χ3n) is 4.48. The number of benzene rings is 2. The highest BCUT2D eigenvalue weighted by Crippen LogP contribution is 2.22. The molecule has 0 aliphatic heterocycles. The predicted molar refractivity (Wildman–Crippen MR) is 101 cm³/mol. The SMILES string of the molecule is Cc1cccc(C(=O)Nc2c(C)nn(Cc3ccccc3C)c2C)c1. The van der Waals surface area contributed by atoms with Crippen molar-refractivity contribution in [3.8, 4) is 0 Å². The number of hydrogen-bond donors (Lipinski definition) is 1. The van der Waals surface area contributed by atoms with E-state index in [1.807, 2.05) is 61.9 Å². The van der Waals surface area contributed by atoms with Gasteiger partial charge in [-0.15, -0.1) is 0 Å². The van der Waals surface area contributed by atoms with E-state index in [1.165, 1.54) is 11.1 Å². The number of anilines is 1. The second-order valence-electron chi connectivity index (χ2n) is 6.45. The van der Waals surface area contributed by atoms with Gasteiger partial charge in [-0.1, -0.05) is 42.0 Å². The van der Waals surface area contributed by atoms with Crippen molar-refractivity contribution in [2.24, 2.45) is 0 Å². The molecule has 0 aliphatic carbocycles. The molecule has 0 unspecified atom stereocenters. The third kappa shape index (κ3) is 3.63. The lowest BCUT2D eigenvalue weighted by atomic mass is 10.1. The zero-order valence-corrected chi connectivity index (χ0v) is 15.1. The molecular formula is C21H23N3O. The largest absolute Gasteiger partial charge is 0.319 e. The molecule has 0 spiro atoms. The van der Waals surface area contributed by atoms with Gasteiger partial charge in [-0.05, 0) is 51.0 Å². The Morgan fingerprint density at radius 2 is 1.80 bits per heavy atom. The number of amides is 1. The fourth-order valence-corrected chi connectivity index (χ4v) is 2.95. The van der Waals surface area contributed by atoms with Gasteiger partial charge in [0.15, 0.2) is 0 Å². The van der Waals surface area contributed by atoms with Crippen molar-refractivity contribution < 1.29 is 4.79 Å². The minimum absolute atomic E-state index is 0.106. The molecule has 1 aromatic heterocycles. The summed E-state index contributed by atoms with van der Waals surface area (Å²) in [7, 11) is 0. The summed E-state index contributed by atoms with van der Waals surface area (Å²) in [5, 5.41) is 7.63. The second-order valence-corrected chi connectivity index (χ2v) is 6.45. The summed E-state index contributed by atoms with van der Waals surface area (Å²) >= 11 is 0. The number of aromatic nitrogens is 2. The number of aryl methyl sites for hydroxylation is 3. The van der Waals surface area contributed by atoms with Crippen LogP contribution in [0.3, 0.4) is 0 Å². The van der Waals surface area contributed by atoms with Crippen molar-refractivity contribution in [3.63, 3.8) is 0 Å². The van der Waals surface area contributed by atoms with Crippen molar-refractivity contribution in [2.75, 3.05) is 5.32 Å². The van der Waals surface area contributed by atoms with Crippen LogP contribution in [-0.2, 0) is 6.54 Å². The van der Waals surface area contributed by atoms with Gasteiger partial charge in [0, 0.05) is 5.56 Å². The minimum Gasteiger partial charge on any atom is -0.319 e. The van der Waals surface area contributed by atoms with Crippen molar-refractivity contribution in [1.82, 2.24) is 9.78 Å². The van der Waals surface area contributed by atoms with Gasteiger partial charge < -0.3 is 5.32 Å². The second kappa shape index (κ2) is 6.93. The number of carbonyl (C=O) groups is 1. The van der Waals surface area contributed by atoms with E-state index in [0.29, 0.717) is 12.1 Å². The quantitative estimate of drug-likeness (QED) is 0.768. The van der Waals surface area contributed by atoms with Crippen LogP contribution in [0, 0.1) is 27.7 Å². The monoisotopic (exact) mass is 333 g/mol. The Hall–Kier alpha value is -2.88. The Kier molecular flexibility index (Phi) is 4.70. The first-order chi connectivity index (χ1) is 12.0. The van der Waals surface area contributed by atoms with Gasteiger partial charge in [0.05, 0.1) is 23.6 Å². The molecule has 0 radical (unpaired) electrons. The average molecular weight is 333 g/mol. The van der Waals surface area contributed by atoms with Gasteiger partial charge >= 0.3 is 0 Å². The fraction of sp³-hybridized carbons (Fsp3) is 0.238. The normalized spacial score (nSPS) is 10.7. The van der Waals surface area contributed by atoms with E-state index in [1.54, 1.807) is 0 Å². The van der Waals surface area contributed by atoms with Gasteiger partial charge in [0.2, 0.25) is 0 Å². The molecule has 2 aromatic carbocycles. The standard InChI is InChI=1S/C21H23N3O/c1-14-8-7-11-18(12-14)21(25)22-20-16(3)23-24(17(20)4)13-19-10-6-5-9-15(19)2/h5-12H,13H2,1-4H3,(H,22,25). The van der Waals surface area contributed by atoms with Gasteiger partial charge in [-0.2, -0.15) is 5.10 Å². The molecule has 0 aliphatic rings. The van der Waals surface area contributed by atoms with E-state index in [2.05, 4.69) is 29.5 Å². The van der Waals surface area contributed by atoms with Crippen LogP contribution < -0.4 is 5.32 Å². The first-order valence-corrected chi connectivity index (χ1v) is 8.42. The summed E-state index contributed by atoms with van der Waals surface area (Å²) in [6, 6.07) is 15.9. The Morgan fingerprint density at radius 1 is 1.04 bits per heavy atom. The number of hydrogen-bond acceptors (Lipinski definition) is 2. The molecule has 1 amide bonds. The summed E-state index contributed by atoms with van der Waals surface area (Å²) in [6.07, 6.45) is 0. The van der Waals surface area contributed by atoms with Crippen LogP contribution in [0.25, 0.3) is 0 Å². The van der Waals surface area contributed by atoms with Gasteiger partial charge in [-0.25, -0.2) is 0 Å². The lowest BCUT2D eigenvalue weighted by molar-refractivity contribution is 0.102. The lowest BCUT2D eigenvalue weighted by Crippen LogP contribution is -2.13. The van der Waals surface area contributed by atoms with Crippen LogP contribution in [0.1, 0.15) is 38.4 Å². The molecule has 1 heterocycles. The predicted octanol–water partition coefficient (Wildman–Crippen LogP) is 4.42. The smallest absolute Gasteiger partial charge is 0.255 e. The summed E-state index contributed by atoms with van der Waals surface area (Å²) < 4.78 is 1.95. The van der Waals surface area contributed by atoms with Crippen LogP contribution >= 0.6 is 0 Å². The summed E-state index contributed by atoms with van der Waals surface area (Å²) in [5.74, 6) is -0.106.